The van der Waals surface area contributed by atoms with E-state index in [4.69, 9.17) is 18.9 Å². The van der Waals surface area contributed by atoms with Gasteiger partial charge >= 0.3 is 6.01 Å². The average molecular weight is 523 g/mol. The molecule has 1 unspecified atom stereocenters. The molecule has 2 N–H and O–H groups in total. The van der Waals surface area contributed by atoms with Crippen LogP contribution in [0.4, 0.5) is 19.0 Å². The molecule has 12 heteroatoms. The maximum atomic E-state index is 14.9. The zero-order chi connectivity index (χ0) is 26.5. The first-order valence-corrected chi connectivity index (χ1v) is 11.9. The van der Waals surface area contributed by atoms with E-state index in [9.17, 15) is 18.0 Å². The van der Waals surface area contributed by atoms with Gasteiger partial charge in [-0.1, -0.05) is 18.2 Å². The van der Waals surface area contributed by atoms with Gasteiger partial charge in [0.25, 0.3) is 12.7 Å². The maximum Gasteiger partial charge on any atom is 0.318 e. The van der Waals surface area contributed by atoms with Crippen LogP contribution in [0.25, 0.3) is 0 Å². The maximum absolute atomic E-state index is 14.9. The van der Waals surface area contributed by atoms with Crippen molar-refractivity contribution >= 4 is 11.7 Å². The quantitative estimate of drug-likeness (QED) is 0.491. The number of nitrogens with one attached hydrogen (secondary N) is 2. The number of methoxy groups -OCH3 is 1. The molecule has 1 fully saturated rings. The van der Waals surface area contributed by atoms with Gasteiger partial charge in [0.05, 0.1) is 35.9 Å². The molecule has 2 atom stereocenters. The smallest absolute Gasteiger partial charge is 0.318 e. The van der Waals surface area contributed by atoms with Gasteiger partial charge < -0.3 is 29.6 Å². The summed E-state index contributed by atoms with van der Waals surface area (Å²) in [4.78, 5) is 22.0. The Kier molecular flexibility index (Phi) is 8.37. The number of ether oxygens (including phenoxy) is 4. The molecule has 2 aliphatic rings. The lowest BCUT2D eigenvalue weighted by molar-refractivity contribution is -0.123. The van der Waals surface area contributed by atoms with Gasteiger partial charge in [-0.25, -0.2) is 13.2 Å². The number of carbonyl (C=O) groups is 1. The summed E-state index contributed by atoms with van der Waals surface area (Å²) >= 11 is 0. The second kappa shape index (κ2) is 11.7. The van der Waals surface area contributed by atoms with Crippen molar-refractivity contribution < 1.29 is 36.9 Å². The van der Waals surface area contributed by atoms with Crippen molar-refractivity contribution in [1.82, 2.24) is 15.3 Å². The van der Waals surface area contributed by atoms with Crippen LogP contribution in [0.3, 0.4) is 0 Å². The van der Waals surface area contributed by atoms with Gasteiger partial charge in [-0.15, -0.1) is 0 Å². The summed E-state index contributed by atoms with van der Waals surface area (Å²) in [5, 5.41) is 6.07. The highest BCUT2D eigenvalue weighted by atomic mass is 19.3. The molecule has 0 saturated carbocycles. The molecule has 1 amide bonds. The Morgan fingerprint density at radius 2 is 1.78 bits per heavy atom. The number of hydrogen-bond donors (Lipinski definition) is 2. The lowest BCUT2D eigenvalue weighted by Crippen LogP contribution is -2.41. The van der Waals surface area contributed by atoms with Crippen molar-refractivity contribution in [3.05, 3.63) is 58.9 Å². The number of anilines is 1. The van der Waals surface area contributed by atoms with Crippen molar-refractivity contribution in [1.29, 1.82) is 0 Å². The Hall–Kier alpha value is -3.54. The Labute approximate surface area is 212 Å². The monoisotopic (exact) mass is 522 g/mol. The number of aromatic nitrogens is 2. The Balaban J connectivity index is 1.70. The van der Waals surface area contributed by atoms with Crippen molar-refractivity contribution in [3.8, 4) is 6.01 Å². The molecule has 2 aromatic rings. The highest BCUT2D eigenvalue weighted by Gasteiger charge is 2.33. The van der Waals surface area contributed by atoms with Gasteiger partial charge in [-0.05, 0) is 26.7 Å². The Bertz CT molecular complexity index is 1140. The first-order valence-electron chi connectivity index (χ1n) is 11.9. The minimum Gasteiger partial charge on any atom is -0.467 e. The third-order valence-electron chi connectivity index (χ3n) is 6.32. The van der Waals surface area contributed by atoms with E-state index in [2.05, 4.69) is 20.6 Å². The van der Waals surface area contributed by atoms with E-state index in [1.807, 2.05) is 0 Å². The average Bonchev–Trinajstić information content (AvgIpc) is 3.42. The Morgan fingerprint density at radius 3 is 2.43 bits per heavy atom. The number of benzene rings is 1. The number of halogens is 3. The van der Waals surface area contributed by atoms with Crippen LogP contribution in [0.2, 0.25) is 0 Å². The van der Waals surface area contributed by atoms with E-state index < -0.39 is 36.1 Å². The molecule has 1 aromatic carbocycles. The predicted octanol–water partition coefficient (Wildman–Crippen LogP) is 4.65. The molecule has 1 aromatic heterocycles. The zero-order valence-corrected chi connectivity index (χ0v) is 20.7. The van der Waals surface area contributed by atoms with Gasteiger partial charge in [-0.2, -0.15) is 9.97 Å². The Morgan fingerprint density at radius 1 is 1.11 bits per heavy atom. The van der Waals surface area contributed by atoms with Gasteiger partial charge in [0.2, 0.25) is 5.91 Å². The van der Waals surface area contributed by atoms with E-state index >= 15 is 0 Å². The number of amides is 1. The molecule has 200 valence electrons. The third-order valence-corrected chi connectivity index (χ3v) is 6.32. The molecule has 9 nitrogen and oxygen atoms in total. The summed E-state index contributed by atoms with van der Waals surface area (Å²) in [6.45, 7) is 4.41. The fraction of sp³-hybridized carbons (Fsp3) is 0.480. The zero-order valence-electron chi connectivity index (χ0n) is 20.7. The van der Waals surface area contributed by atoms with Crippen LogP contribution in [0, 0.1) is 5.82 Å². The highest BCUT2D eigenvalue weighted by molar-refractivity contribution is 5.84. The van der Waals surface area contributed by atoms with Crippen LogP contribution in [-0.4, -0.2) is 42.2 Å². The molecule has 0 bridgehead atoms. The van der Waals surface area contributed by atoms with Gasteiger partial charge in [0, 0.05) is 24.8 Å². The van der Waals surface area contributed by atoms with Gasteiger partial charge in [0.1, 0.15) is 24.2 Å². The van der Waals surface area contributed by atoms with Gasteiger partial charge in [-0.3, -0.25) is 4.79 Å². The molecule has 0 aliphatic carbocycles. The molecule has 0 spiro atoms. The van der Waals surface area contributed by atoms with E-state index in [0.29, 0.717) is 31.6 Å². The molecule has 4 rings (SSSR count). The molecule has 37 heavy (non-hydrogen) atoms. The number of hydrogen-bond acceptors (Lipinski definition) is 8. The standard InChI is InChI=1S/C25H29F3N4O5/c1-13(23(33)30-15-7-9-35-10-8-15)20-18(24-36-11-12-37-24)22(32-25(31-20)34-3)29-14(2)16-5-4-6-17(19(16)26)21(27)28/h4-6,11-15,21,24H,7-10H2,1-3H3,(H,30,33)(H,29,31,32)/t13?,14-/m1/s1. The van der Waals surface area contributed by atoms with Crippen molar-refractivity contribution in [2.24, 2.45) is 0 Å². The minimum atomic E-state index is -2.96. The van der Waals surface area contributed by atoms with E-state index in [0.717, 1.165) is 6.07 Å². The molecular formula is C25H29F3N4O5. The third kappa shape index (κ3) is 5.90. The molecule has 1 saturated heterocycles. The molecule has 2 aliphatic heterocycles. The fourth-order valence-corrected chi connectivity index (χ4v) is 4.25. The summed E-state index contributed by atoms with van der Waals surface area (Å²) < 4.78 is 63.1. The first-order chi connectivity index (χ1) is 17.8. The van der Waals surface area contributed by atoms with Crippen LogP contribution in [0.5, 0.6) is 6.01 Å². The summed E-state index contributed by atoms with van der Waals surface area (Å²) in [5.41, 5.74) is -0.101. The van der Waals surface area contributed by atoms with Crippen LogP contribution in [-0.2, 0) is 19.0 Å². The van der Waals surface area contributed by atoms with Crippen molar-refractivity contribution in [3.63, 3.8) is 0 Å². The normalized spacial score (nSPS) is 17.7. The molecule has 3 heterocycles. The minimum absolute atomic E-state index is 0.0135. The van der Waals surface area contributed by atoms with Crippen LogP contribution < -0.4 is 15.4 Å². The van der Waals surface area contributed by atoms with Gasteiger partial charge in [0.15, 0.2) is 0 Å². The predicted molar refractivity (Wildman–Crippen MR) is 126 cm³/mol. The van der Waals surface area contributed by atoms with E-state index in [1.165, 1.54) is 31.8 Å². The van der Waals surface area contributed by atoms with Crippen molar-refractivity contribution in [2.45, 2.75) is 57.4 Å². The fourth-order valence-electron chi connectivity index (χ4n) is 4.25. The lowest BCUT2D eigenvalue weighted by Gasteiger charge is -2.27. The largest absolute Gasteiger partial charge is 0.467 e. The summed E-state index contributed by atoms with van der Waals surface area (Å²) in [7, 11) is 1.37. The topological polar surface area (TPSA) is 104 Å². The summed E-state index contributed by atoms with van der Waals surface area (Å²) in [5.74, 6) is -1.90. The van der Waals surface area contributed by atoms with Crippen LogP contribution in [0.15, 0.2) is 30.7 Å². The first kappa shape index (κ1) is 26.5. The molecular weight excluding hydrogens is 493 g/mol. The van der Waals surface area contributed by atoms with Crippen LogP contribution in [0.1, 0.15) is 73.7 Å². The second-order valence-corrected chi connectivity index (χ2v) is 8.77. The number of rotatable bonds is 9. The number of carbonyl (C=O) groups excluding carboxylic acids is 1. The lowest BCUT2D eigenvalue weighted by atomic mass is 9.98. The highest BCUT2D eigenvalue weighted by Crippen LogP contribution is 2.38. The SMILES string of the molecule is COc1nc(N[C@H](C)c2cccc(C(F)F)c2F)c(C2OC=CO2)c(C(C)C(=O)NC2CCOCC2)n1. The molecule has 0 radical (unpaired) electrons. The summed E-state index contributed by atoms with van der Waals surface area (Å²) in [6, 6.07) is 2.93. The summed E-state index contributed by atoms with van der Waals surface area (Å²) in [6.07, 6.45) is 0.116. The second-order valence-electron chi connectivity index (χ2n) is 8.77. The van der Waals surface area contributed by atoms with E-state index in [-0.39, 0.29) is 35.0 Å². The van der Waals surface area contributed by atoms with E-state index in [1.54, 1.807) is 13.8 Å². The van der Waals surface area contributed by atoms with Crippen molar-refractivity contribution in [2.75, 3.05) is 25.6 Å². The number of nitrogens with zero attached hydrogens (tertiary/aromatic N) is 2. The van der Waals surface area contributed by atoms with Crippen LogP contribution >= 0.6 is 0 Å². The number of alkyl halides is 2.